The highest BCUT2D eigenvalue weighted by Gasteiger charge is 2.27. The third-order valence-corrected chi connectivity index (χ3v) is 5.72. The fraction of sp³-hybridized carbons (Fsp3) is 0.318. The summed E-state index contributed by atoms with van der Waals surface area (Å²) in [6.45, 7) is 1.83. The molecule has 1 atom stereocenters. The van der Waals surface area contributed by atoms with Gasteiger partial charge in [-0.3, -0.25) is 9.69 Å². The molecule has 1 aliphatic heterocycles. The van der Waals surface area contributed by atoms with Gasteiger partial charge < -0.3 is 10.4 Å². The zero-order valence-corrected chi connectivity index (χ0v) is 17.2. The van der Waals surface area contributed by atoms with Crippen molar-refractivity contribution in [1.29, 1.82) is 0 Å². The number of aliphatic hydroxyl groups is 1. The highest BCUT2D eigenvalue weighted by Crippen LogP contribution is 2.30. The molecule has 8 heteroatoms. The van der Waals surface area contributed by atoms with Crippen LogP contribution in [0, 0.1) is 5.92 Å². The quantitative estimate of drug-likeness (QED) is 0.633. The molecule has 0 saturated carbocycles. The van der Waals surface area contributed by atoms with Gasteiger partial charge in [0, 0.05) is 5.02 Å². The van der Waals surface area contributed by atoms with Crippen molar-refractivity contribution in [2.75, 3.05) is 25.0 Å². The number of piperidine rings is 1. The van der Waals surface area contributed by atoms with Crippen LogP contribution in [-0.2, 0) is 4.79 Å². The van der Waals surface area contributed by atoms with Gasteiger partial charge in [0.15, 0.2) is 0 Å². The van der Waals surface area contributed by atoms with Gasteiger partial charge in [0.1, 0.15) is 12.7 Å². The molecular weight excluding hydrogens is 402 g/mol. The number of aromatic nitrogens is 3. The topological polar surface area (TPSA) is 83.3 Å². The molecule has 4 rings (SSSR count). The standard InChI is InChI=1S/C22H24ClN5O2/c23-18-6-7-20(28-15-24-14-25-28)19(12-18)26-21(29)13-27-10-8-17(9-11-27)22(30)16-4-2-1-3-5-16/h1-7,12,14-15,17,22,30H,8-11,13H2,(H,26,29). The van der Waals surface area contributed by atoms with Crippen molar-refractivity contribution >= 4 is 23.2 Å². The maximum absolute atomic E-state index is 12.7. The zero-order valence-electron chi connectivity index (χ0n) is 16.5. The number of benzene rings is 2. The van der Waals surface area contributed by atoms with Crippen molar-refractivity contribution in [2.24, 2.45) is 5.92 Å². The van der Waals surface area contributed by atoms with Crippen molar-refractivity contribution in [2.45, 2.75) is 18.9 Å². The molecule has 0 bridgehead atoms. The highest BCUT2D eigenvalue weighted by molar-refractivity contribution is 6.31. The van der Waals surface area contributed by atoms with E-state index in [1.807, 2.05) is 30.3 Å². The number of hydrogen-bond acceptors (Lipinski definition) is 5. The molecule has 1 saturated heterocycles. The molecule has 2 N–H and O–H groups in total. The van der Waals surface area contributed by atoms with Crippen molar-refractivity contribution in [3.8, 4) is 5.69 Å². The molecule has 1 amide bonds. The molecule has 0 radical (unpaired) electrons. The summed E-state index contributed by atoms with van der Waals surface area (Å²) in [5, 5.41) is 18.2. The molecule has 0 aliphatic carbocycles. The average molecular weight is 426 g/mol. The SMILES string of the molecule is O=C(CN1CCC(C(O)c2ccccc2)CC1)Nc1cc(Cl)ccc1-n1cncn1. The summed E-state index contributed by atoms with van der Waals surface area (Å²) in [5.41, 5.74) is 2.25. The molecule has 3 aromatic rings. The van der Waals surface area contributed by atoms with Crippen LogP contribution in [0.2, 0.25) is 5.02 Å². The van der Waals surface area contributed by atoms with Crippen LogP contribution in [0.1, 0.15) is 24.5 Å². The number of rotatable bonds is 6. The maximum Gasteiger partial charge on any atom is 0.238 e. The summed E-state index contributed by atoms with van der Waals surface area (Å²) in [4.78, 5) is 18.7. The van der Waals surface area contributed by atoms with E-state index in [0.717, 1.165) is 31.5 Å². The summed E-state index contributed by atoms with van der Waals surface area (Å²) < 4.78 is 1.59. The molecule has 156 valence electrons. The molecular formula is C22H24ClN5O2. The number of carbonyl (C=O) groups excluding carboxylic acids is 1. The largest absolute Gasteiger partial charge is 0.388 e. The lowest BCUT2D eigenvalue weighted by Gasteiger charge is -2.34. The highest BCUT2D eigenvalue weighted by atomic mass is 35.5. The van der Waals surface area contributed by atoms with Gasteiger partial charge in [0.25, 0.3) is 0 Å². The van der Waals surface area contributed by atoms with Crippen LogP contribution < -0.4 is 5.32 Å². The first-order chi connectivity index (χ1) is 14.6. The monoisotopic (exact) mass is 425 g/mol. The summed E-state index contributed by atoms with van der Waals surface area (Å²) in [7, 11) is 0. The van der Waals surface area contributed by atoms with Crippen LogP contribution in [0.15, 0.2) is 61.2 Å². The number of hydrogen-bond donors (Lipinski definition) is 2. The number of likely N-dealkylation sites (tertiary alicyclic amines) is 1. The second-order valence-electron chi connectivity index (χ2n) is 7.52. The van der Waals surface area contributed by atoms with Crippen LogP contribution in [0.25, 0.3) is 5.69 Å². The molecule has 1 aliphatic rings. The summed E-state index contributed by atoms with van der Waals surface area (Å²) in [5.74, 6) is 0.0965. The first-order valence-corrected chi connectivity index (χ1v) is 10.4. The predicted molar refractivity (Wildman–Crippen MR) is 116 cm³/mol. The minimum absolute atomic E-state index is 0.110. The van der Waals surface area contributed by atoms with E-state index in [9.17, 15) is 9.90 Å². The Balaban J connectivity index is 1.33. The van der Waals surface area contributed by atoms with Crippen LogP contribution in [-0.4, -0.2) is 50.3 Å². The third kappa shape index (κ3) is 4.87. The second kappa shape index (κ2) is 9.38. The fourth-order valence-corrected chi connectivity index (χ4v) is 4.05. The van der Waals surface area contributed by atoms with Gasteiger partial charge in [0.05, 0.1) is 24.0 Å². The summed E-state index contributed by atoms with van der Waals surface area (Å²) in [6, 6.07) is 15.0. The Morgan fingerprint density at radius 2 is 1.97 bits per heavy atom. The minimum atomic E-state index is -0.459. The van der Waals surface area contributed by atoms with Crippen LogP contribution in [0.4, 0.5) is 5.69 Å². The van der Waals surface area contributed by atoms with Crippen molar-refractivity contribution in [1.82, 2.24) is 19.7 Å². The van der Waals surface area contributed by atoms with Gasteiger partial charge in [-0.25, -0.2) is 9.67 Å². The van der Waals surface area contributed by atoms with E-state index in [4.69, 9.17) is 11.6 Å². The van der Waals surface area contributed by atoms with E-state index in [1.54, 1.807) is 29.2 Å². The van der Waals surface area contributed by atoms with Crippen molar-refractivity contribution in [3.05, 3.63) is 71.8 Å². The second-order valence-corrected chi connectivity index (χ2v) is 7.96. The number of amides is 1. The molecule has 7 nitrogen and oxygen atoms in total. The van der Waals surface area contributed by atoms with E-state index in [1.165, 1.54) is 6.33 Å². The molecule has 30 heavy (non-hydrogen) atoms. The van der Waals surface area contributed by atoms with Gasteiger partial charge in [-0.2, -0.15) is 5.10 Å². The summed E-state index contributed by atoms with van der Waals surface area (Å²) >= 11 is 6.12. The lowest BCUT2D eigenvalue weighted by Crippen LogP contribution is -2.40. The fourth-order valence-electron chi connectivity index (χ4n) is 3.88. The van der Waals surface area contributed by atoms with Gasteiger partial charge in [-0.05, 0) is 55.6 Å². The predicted octanol–water partition coefficient (Wildman–Crippen LogP) is 3.30. The van der Waals surface area contributed by atoms with Crippen LogP contribution >= 0.6 is 11.6 Å². The number of halogens is 1. The smallest absolute Gasteiger partial charge is 0.238 e. The Kier molecular flexibility index (Phi) is 6.42. The van der Waals surface area contributed by atoms with Crippen LogP contribution in [0.5, 0.6) is 0 Å². The molecule has 2 heterocycles. The van der Waals surface area contributed by atoms with E-state index >= 15 is 0 Å². The summed E-state index contributed by atoms with van der Waals surface area (Å²) in [6.07, 6.45) is 4.25. The van der Waals surface area contributed by atoms with Crippen molar-refractivity contribution < 1.29 is 9.90 Å². The third-order valence-electron chi connectivity index (χ3n) is 5.49. The Hall–Kier alpha value is -2.74. The van der Waals surface area contributed by atoms with E-state index in [2.05, 4.69) is 20.3 Å². The maximum atomic E-state index is 12.7. The molecule has 1 aromatic heterocycles. The first kappa shape index (κ1) is 20.5. The normalized spacial score (nSPS) is 16.3. The van der Waals surface area contributed by atoms with E-state index in [0.29, 0.717) is 16.4 Å². The number of nitrogens with one attached hydrogen (secondary N) is 1. The minimum Gasteiger partial charge on any atom is -0.388 e. The Labute approximate surface area is 180 Å². The van der Waals surface area contributed by atoms with Gasteiger partial charge in [0.2, 0.25) is 5.91 Å². The average Bonchev–Trinajstić information content (AvgIpc) is 3.29. The number of anilines is 1. The van der Waals surface area contributed by atoms with E-state index in [-0.39, 0.29) is 18.4 Å². The van der Waals surface area contributed by atoms with E-state index < -0.39 is 6.10 Å². The number of aliphatic hydroxyl groups excluding tert-OH is 1. The Morgan fingerprint density at radius 1 is 1.20 bits per heavy atom. The zero-order chi connectivity index (χ0) is 20.9. The Morgan fingerprint density at radius 3 is 2.67 bits per heavy atom. The molecule has 0 spiro atoms. The number of carbonyl (C=O) groups is 1. The Bertz CT molecular complexity index is 972. The first-order valence-electron chi connectivity index (χ1n) is 10.00. The van der Waals surface area contributed by atoms with Gasteiger partial charge >= 0.3 is 0 Å². The lowest BCUT2D eigenvalue weighted by molar-refractivity contribution is -0.117. The molecule has 2 aromatic carbocycles. The van der Waals surface area contributed by atoms with Crippen molar-refractivity contribution in [3.63, 3.8) is 0 Å². The van der Waals surface area contributed by atoms with Gasteiger partial charge in [-0.15, -0.1) is 0 Å². The number of nitrogens with zero attached hydrogens (tertiary/aromatic N) is 4. The molecule has 1 unspecified atom stereocenters. The lowest BCUT2D eigenvalue weighted by atomic mass is 9.87. The van der Waals surface area contributed by atoms with Gasteiger partial charge in [-0.1, -0.05) is 41.9 Å². The molecule has 1 fully saturated rings. The van der Waals surface area contributed by atoms with Crippen LogP contribution in [0.3, 0.4) is 0 Å².